The lowest BCUT2D eigenvalue weighted by Crippen LogP contribution is -2.27. The molecule has 2 N–H and O–H groups in total. The third-order valence-corrected chi connectivity index (χ3v) is 6.18. The number of allylic oxidation sites excluding steroid dienone is 2. The highest BCUT2D eigenvalue weighted by molar-refractivity contribution is 6.00. The molecule has 0 unspecified atom stereocenters. The molecule has 0 aliphatic carbocycles. The minimum atomic E-state index is -0.911. The zero-order chi connectivity index (χ0) is 27.8. The lowest BCUT2D eigenvalue weighted by Gasteiger charge is -2.18. The third kappa shape index (κ3) is 6.90. The molecule has 202 valence electrons. The van der Waals surface area contributed by atoms with Crippen LogP contribution in [0, 0.1) is 6.92 Å². The van der Waals surface area contributed by atoms with Gasteiger partial charge in [-0.3, -0.25) is 14.4 Å². The summed E-state index contributed by atoms with van der Waals surface area (Å²) in [5.41, 5.74) is 3.42. The van der Waals surface area contributed by atoms with Gasteiger partial charge in [0.1, 0.15) is 30.1 Å². The number of cyclic esters (lactones) is 1. The minimum Gasteiger partial charge on any atom is -0.497 e. The smallest absolute Gasteiger partial charge is 0.342 e. The van der Waals surface area contributed by atoms with Crippen molar-refractivity contribution >= 4 is 23.8 Å². The number of carboxylic acid groups (broad SMARTS) is 1. The van der Waals surface area contributed by atoms with Gasteiger partial charge in [-0.25, -0.2) is 4.79 Å². The van der Waals surface area contributed by atoms with Crippen molar-refractivity contribution in [3.8, 4) is 17.2 Å². The summed E-state index contributed by atoms with van der Waals surface area (Å²) in [5.74, 6) is -1.84. The van der Waals surface area contributed by atoms with Crippen LogP contribution < -0.4 is 19.5 Å². The van der Waals surface area contributed by atoms with Gasteiger partial charge in [-0.05, 0) is 49.9 Å². The second-order valence-corrected chi connectivity index (χ2v) is 8.82. The van der Waals surface area contributed by atoms with Crippen LogP contribution in [0.1, 0.15) is 58.8 Å². The van der Waals surface area contributed by atoms with Crippen LogP contribution in [-0.2, 0) is 38.7 Å². The molecular formula is C28H31NO9. The second kappa shape index (κ2) is 12.8. The number of fused-ring (bicyclic) bond motifs is 1. The highest BCUT2D eigenvalue weighted by atomic mass is 16.6. The monoisotopic (exact) mass is 525 g/mol. The Labute approximate surface area is 220 Å². The summed E-state index contributed by atoms with van der Waals surface area (Å²) in [6.07, 6.45) is 1.76. The van der Waals surface area contributed by atoms with E-state index in [2.05, 4.69) is 5.32 Å². The van der Waals surface area contributed by atoms with Gasteiger partial charge in [-0.2, -0.15) is 0 Å². The first-order valence-corrected chi connectivity index (χ1v) is 12.0. The largest absolute Gasteiger partial charge is 0.497 e. The number of methoxy groups -OCH3 is 2. The first-order chi connectivity index (χ1) is 18.1. The minimum absolute atomic E-state index is 0.0109. The quantitative estimate of drug-likeness (QED) is 0.184. The zero-order valence-electron chi connectivity index (χ0n) is 21.8. The van der Waals surface area contributed by atoms with Crippen LogP contribution in [0.4, 0.5) is 0 Å². The number of carbonyl (C=O) groups is 4. The normalized spacial score (nSPS) is 12.4. The molecular weight excluding hydrogens is 494 g/mol. The summed E-state index contributed by atoms with van der Waals surface area (Å²) in [6, 6.07) is 7.12. The number of hydrogen-bond acceptors (Lipinski definition) is 8. The molecule has 10 heteroatoms. The fourth-order valence-corrected chi connectivity index (χ4v) is 4.09. The van der Waals surface area contributed by atoms with Gasteiger partial charge in [-0.1, -0.05) is 23.8 Å². The number of aliphatic carboxylic acids is 1. The molecule has 3 rings (SSSR count). The van der Waals surface area contributed by atoms with Gasteiger partial charge in [0.05, 0.1) is 14.2 Å². The van der Waals surface area contributed by atoms with Crippen molar-refractivity contribution in [3.05, 3.63) is 63.7 Å². The highest BCUT2D eigenvalue weighted by Gasteiger charge is 2.34. The first-order valence-electron chi connectivity index (χ1n) is 12.0. The Kier molecular flexibility index (Phi) is 9.48. The summed E-state index contributed by atoms with van der Waals surface area (Å²) >= 11 is 0. The Bertz CT molecular complexity index is 1260. The highest BCUT2D eigenvalue weighted by Crippen LogP contribution is 2.43. The van der Waals surface area contributed by atoms with Gasteiger partial charge in [0.15, 0.2) is 5.75 Å². The number of carbonyl (C=O) groups excluding carboxylic acids is 3. The number of carboxylic acids is 1. The molecule has 0 bridgehead atoms. The lowest BCUT2D eigenvalue weighted by molar-refractivity contribution is -0.139. The topological polar surface area (TPSA) is 137 Å². The van der Waals surface area contributed by atoms with Crippen molar-refractivity contribution in [2.45, 2.75) is 52.7 Å². The molecule has 0 spiro atoms. The maximum absolute atomic E-state index is 12.8. The van der Waals surface area contributed by atoms with Crippen molar-refractivity contribution in [1.82, 2.24) is 5.32 Å². The van der Waals surface area contributed by atoms with Gasteiger partial charge in [0.2, 0.25) is 5.91 Å². The van der Waals surface area contributed by atoms with E-state index >= 15 is 0 Å². The maximum Gasteiger partial charge on any atom is 0.342 e. The van der Waals surface area contributed by atoms with Gasteiger partial charge < -0.3 is 29.4 Å². The maximum atomic E-state index is 12.8. The van der Waals surface area contributed by atoms with Gasteiger partial charge >= 0.3 is 17.9 Å². The molecule has 0 atom stereocenters. The average molecular weight is 526 g/mol. The van der Waals surface area contributed by atoms with Crippen LogP contribution in [0.15, 0.2) is 35.9 Å². The van der Waals surface area contributed by atoms with Crippen LogP contribution >= 0.6 is 0 Å². The number of hydrogen-bond donors (Lipinski definition) is 2. The molecule has 0 saturated carbocycles. The van der Waals surface area contributed by atoms with Gasteiger partial charge in [0, 0.05) is 24.1 Å². The number of benzene rings is 2. The van der Waals surface area contributed by atoms with Crippen molar-refractivity contribution in [3.63, 3.8) is 0 Å². The predicted molar refractivity (Wildman–Crippen MR) is 136 cm³/mol. The molecule has 2 aromatic carbocycles. The Hall–Kier alpha value is -4.34. The van der Waals surface area contributed by atoms with E-state index in [0.29, 0.717) is 34.6 Å². The van der Waals surface area contributed by atoms with Crippen LogP contribution in [-0.4, -0.2) is 43.1 Å². The van der Waals surface area contributed by atoms with Gasteiger partial charge in [-0.15, -0.1) is 0 Å². The summed E-state index contributed by atoms with van der Waals surface area (Å²) in [5, 5.41) is 11.6. The SMILES string of the molecule is COc1ccc(CNC(=O)CC(=O)Oc2c(CC=C(C)CCC(=O)O)c(OC)c(C)c3c2C(=O)OC3)cc1. The van der Waals surface area contributed by atoms with E-state index in [0.717, 1.165) is 11.1 Å². The Morgan fingerprint density at radius 1 is 1.08 bits per heavy atom. The van der Waals surface area contributed by atoms with Gasteiger partial charge in [0.25, 0.3) is 0 Å². The number of nitrogens with one attached hydrogen (secondary N) is 1. The molecule has 38 heavy (non-hydrogen) atoms. The van der Waals surface area contributed by atoms with E-state index in [9.17, 15) is 19.2 Å². The molecule has 1 aliphatic rings. The standard InChI is InChI=1S/C28H31NO9/c1-16(6-12-23(31)32)5-11-20-26(36-4)17(2)21-15-37-28(34)25(21)27(20)38-24(33)13-22(30)29-14-18-7-9-19(35-3)10-8-18/h5,7-10H,6,11-15H2,1-4H3,(H,29,30)(H,31,32). The number of ether oxygens (including phenoxy) is 4. The summed E-state index contributed by atoms with van der Waals surface area (Å²) in [7, 11) is 3.03. The van der Waals surface area contributed by atoms with Crippen LogP contribution in [0.3, 0.4) is 0 Å². The molecule has 0 aromatic heterocycles. The molecule has 1 heterocycles. The van der Waals surface area contributed by atoms with E-state index in [1.165, 1.54) is 7.11 Å². The van der Waals surface area contributed by atoms with Crippen LogP contribution in [0.5, 0.6) is 17.2 Å². The summed E-state index contributed by atoms with van der Waals surface area (Å²) in [6.45, 7) is 3.80. The van der Waals surface area contributed by atoms with Crippen molar-refractivity contribution in [2.24, 2.45) is 0 Å². The van der Waals surface area contributed by atoms with E-state index in [1.807, 2.05) is 0 Å². The number of rotatable bonds is 12. The Morgan fingerprint density at radius 3 is 2.42 bits per heavy atom. The van der Waals surface area contributed by atoms with E-state index < -0.39 is 30.2 Å². The fourth-order valence-electron chi connectivity index (χ4n) is 4.09. The van der Waals surface area contributed by atoms with Crippen molar-refractivity contribution < 1.29 is 43.2 Å². The molecule has 10 nitrogen and oxygen atoms in total. The molecule has 1 aliphatic heterocycles. The molecule has 0 saturated heterocycles. The van der Waals surface area contributed by atoms with E-state index in [4.69, 9.17) is 24.1 Å². The lowest BCUT2D eigenvalue weighted by atomic mass is 9.94. The second-order valence-electron chi connectivity index (χ2n) is 8.82. The number of esters is 2. The fraction of sp³-hybridized carbons (Fsp3) is 0.357. The predicted octanol–water partition coefficient (Wildman–Crippen LogP) is 3.65. The molecule has 1 amide bonds. The molecule has 0 fully saturated rings. The summed E-state index contributed by atoms with van der Waals surface area (Å²) in [4.78, 5) is 48.7. The molecule has 2 aromatic rings. The third-order valence-electron chi connectivity index (χ3n) is 6.18. The Morgan fingerprint density at radius 2 is 1.79 bits per heavy atom. The first kappa shape index (κ1) is 28.2. The van der Waals surface area contributed by atoms with Crippen LogP contribution in [0.25, 0.3) is 0 Å². The zero-order valence-corrected chi connectivity index (χ0v) is 21.8. The van der Waals surface area contributed by atoms with E-state index in [-0.39, 0.29) is 37.3 Å². The number of amides is 1. The van der Waals surface area contributed by atoms with Crippen molar-refractivity contribution in [1.29, 1.82) is 0 Å². The summed E-state index contributed by atoms with van der Waals surface area (Å²) < 4.78 is 21.5. The van der Waals surface area contributed by atoms with E-state index in [1.54, 1.807) is 51.3 Å². The average Bonchev–Trinajstić information content (AvgIpc) is 3.28. The Balaban J connectivity index is 1.81. The molecule has 0 radical (unpaired) electrons. The van der Waals surface area contributed by atoms with Crippen LogP contribution in [0.2, 0.25) is 0 Å². The van der Waals surface area contributed by atoms with Crippen molar-refractivity contribution in [2.75, 3.05) is 14.2 Å².